The first-order valence-electron chi connectivity index (χ1n) is 4.85. The molecule has 0 heterocycles. The van der Waals surface area contributed by atoms with Crippen LogP contribution < -0.4 is 5.73 Å². The van der Waals surface area contributed by atoms with Gasteiger partial charge < -0.3 is 10.5 Å². The number of ether oxygens (including phenoxy) is 1. The second-order valence-electron chi connectivity index (χ2n) is 3.60. The summed E-state index contributed by atoms with van der Waals surface area (Å²) < 4.78 is 40.2. The molecule has 0 saturated heterocycles. The van der Waals surface area contributed by atoms with E-state index in [2.05, 4.69) is 4.74 Å². The van der Waals surface area contributed by atoms with Gasteiger partial charge in [0.05, 0.1) is 0 Å². The molecule has 0 aliphatic heterocycles. The van der Waals surface area contributed by atoms with Crippen LogP contribution in [0.25, 0.3) is 0 Å². The molecule has 1 aromatic carbocycles. The van der Waals surface area contributed by atoms with Crippen molar-refractivity contribution in [3.05, 3.63) is 35.4 Å². The Morgan fingerprint density at radius 3 is 2.39 bits per heavy atom. The molecule has 98 valence electrons. The van der Waals surface area contributed by atoms with E-state index in [1.807, 2.05) is 0 Å². The third-order valence-electron chi connectivity index (χ3n) is 2.06. The summed E-state index contributed by atoms with van der Waals surface area (Å²) in [5, 5.41) is 0. The maximum Gasteiger partial charge on any atom is 0.490 e. The molecule has 1 rings (SSSR count). The summed E-state index contributed by atoms with van der Waals surface area (Å²) >= 11 is 0. The Kier molecular flexibility index (Phi) is 3.95. The lowest BCUT2D eigenvalue weighted by Crippen LogP contribution is -2.32. The number of carbonyl (C=O) groups is 2. The second kappa shape index (κ2) is 5.07. The lowest BCUT2D eigenvalue weighted by molar-refractivity contribution is -0.205. The smallest absolute Gasteiger partial charge is 0.441 e. The SMILES string of the molecule is Cc1cccc(C(OC(=O)C(F)(F)F)C(N)=O)c1. The largest absolute Gasteiger partial charge is 0.490 e. The highest BCUT2D eigenvalue weighted by Crippen LogP contribution is 2.24. The van der Waals surface area contributed by atoms with Crippen molar-refractivity contribution >= 4 is 11.9 Å². The first kappa shape index (κ1) is 14.0. The number of hydrogen-bond donors (Lipinski definition) is 1. The van der Waals surface area contributed by atoms with Gasteiger partial charge in [-0.3, -0.25) is 4.79 Å². The van der Waals surface area contributed by atoms with Crippen molar-refractivity contribution in [1.82, 2.24) is 0 Å². The van der Waals surface area contributed by atoms with Crippen LogP contribution in [0.5, 0.6) is 0 Å². The van der Waals surface area contributed by atoms with Gasteiger partial charge in [-0.05, 0) is 6.92 Å². The number of alkyl halides is 3. The maximum atomic E-state index is 12.0. The van der Waals surface area contributed by atoms with Crippen molar-refractivity contribution in [3.8, 4) is 0 Å². The highest BCUT2D eigenvalue weighted by molar-refractivity contribution is 5.85. The fraction of sp³-hybridized carbons (Fsp3) is 0.273. The average molecular weight is 261 g/mol. The number of halogens is 3. The van der Waals surface area contributed by atoms with Crippen LogP contribution in [-0.2, 0) is 14.3 Å². The molecule has 0 aliphatic carbocycles. The van der Waals surface area contributed by atoms with E-state index in [9.17, 15) is 22.8 Å². The van der Waals surface area contributed by atoms with E-state index in [4.69, 9.17) is 5.73 Å². The molecule has 7 heteroatoms. The molecule has 0 spiro atoms. The maximum absolute atomic E-state index is 12.0. The number of aryl methyl sites for hydroxylation is 1. The summed E-state index contributed by atoms with van der Waals surface area (Å²) in [5.41, 5.74) is 5.72. The second-order valence-corrected chi connectivity index (χ2v) is 3.60. The van der Waals surface area contributed by atoms with Crippen LogP contribution in [0.1, 0.15) is 17.2 Å². The molecule has 0 fully saturated rings. The molecular formula is C11H10F3NO3. The normalized spacial score (nSPS) is 12.9. The Morgan fingerprint density at radius 2 is 1.94 bits per heavy atom. The average Bonchev–Trinajstić information content (AvgIpc) is 2.23. The Morgan fingerprint density at radius 1 is 1.33 bits per heavy atom. The van der Waals surface area contributed by atoms with E-state index >= 15 is 0 Å². The predicted molar refractivity (Wildman–Crippen MR) is 55.3 cm³/mol. The van der Waals surface area contributed by atoms with Crippen molar-refractivity contribution in [3.63, 3.8) is 0 Å². The standard InChI is InChI=1S/C11H10F3NO3/c1-6-3-2-4-7(5-6)8(9(15)16)18-10(17)11(12,13)14/h2-5,8H,1H3,(H2,15,16). The molecule has 0 radical (unpaired) electrons. The number of amides is 1. The zero-order valence-corrected chi connectivity index (χ0v) is 9.32. The third-order valence-corrected chi connectivity index (χ3v) is 2.06. The van der Waals surface area contributed by atoms with E-state index in [0.29, 0.717) is 5.56 Å². The predicted octanol–water partition coefficient (Wildman–Crippen LogP) is 1.63. The van der Waals surface area contributed by atoms with Gasteiger partial charge in [-0.1, -0.05) is 29.8 Å². The minimum absolute atomic E-state index is 0.0973. The molecule has 1 aromatic rings. The van der Waals surface area contributed by atoms with Crippen LogP contribution in [0.4, 0.5) is 13.2 Å². The zero-order valence-electron chi connectivity index (χ0n) is 9.32. The van der Waals surface area contributed by atoms with Crippen LogP contribution >= 0.6 is 0 Å². The van der Waals surface area contributed by atoms with Gasteiger partial charge in [-0.2, -0.15) is 13.2 Å². The number of esters is 1. The van der Waals surface area contributed by atoms with Crippen LogP contribution in [0, 0.1) is 6.92 Å². The minimum atomic E-state index is -5.17. The third kappa shape index (κ3) is 3.47. The zero-order chi connectivity index (χ0) is 13.9. The molecular weight excluding hydrogens is 251 g/mol. The summed E-state index contributed by atoms with van der Waals surface area (Å²) in [6.45, 7) is 1.67. The lowest BCUT2D eigenvalue weighted by atomic mass is 10.1. The summed E-state index contributed by atoms with van der Waals surface area (Å²) in [7, 11) is 0. The Hall–Kier alpha value is -2.05. The van der Waals surface area contributed by atoms with Crippen molar-refractivity contribution in [2.24, 2.45) is 5.73 Å². The molecule has 0 aliphatic rings. The first-order chi connectivity index (χ1) is 8.21. The van der Waals surface area contributed by atoms with E-state index in [1.54, 1.807) is 13.0 Å². The Labute approximate surface area is 101 Å². The molecule has 0 bridgehead atoms. The van der Waals surface area contributed by atoms with E-state index in [1.165, 1.54) is 18.2 Å². The van der Waals surface area contributed by atoms with Gasteiger partial charge in [0.15, 0.2) is 0 Å². The fourth-order valence-corrected chi connectivity index (χ4v) is 1.30. The summed E-state index contributed by atoms with van der Waals surface area (Å²) in [6.07, 6.45) is -6.92. The van der Waals surface area contributed by atoms with Gasteiger partial charge in [0, 0.05) is 5.56 Å². The molecule has 2 N–H and O–H groups in total. The summed E-state index contributed by atoms with van der Waals surface area (Å²) in [6, 6.07) is 5.96. The van der Waals surface area contributed by atoms with Gasteiger partial charge in [0.2, 0.25) is 6.10 Å². The minimum Gasteiger partial charge on any atom is -0.441 e. The van der Waals surface area contributed by atoms with Crippen molar-refractivity contribution in [2.45, 2.75) is 19.2 Å². The van der Waals surface area contributed by atoms with E-state index in [-0.39, 0.29) is 5.56 Å². The number of nitrogens with two attached hydrogens (primary N) is 1. The molecule has 18 heavy (non-hydrogen) atoms. The Balaban J connectivity index is 2.98. The Bertz CT molecular complexity index is 471. The van der Waals surface area contributed by atoms with Crippen molar-refractivity contribution < 1.29 is 27.5 Å². The van der Waals surface area contributed by atoms with Gasteiger partial charge in [-0.25, -0.2) is 4.79 Å². The van der Waals surface area contributed by atoms with Gasteiger partial charge in [0.1, 0.15) is 0 Å². The highest BCUT2D eigenvalue weighted by atomic mass is 19.4. The topological polar surface area (TPSA) is 69.4 Å². The summed E-state index contributed by atoms with van der Waals surface area (Å²) in [4.78, 5) is 21.7. The van der Waals surface area contributed by atoms with Crippen molar-refractivity contribution in [2.75, 3.05) is 0 Å². The first-order valence-corrected chi connectivity index (χ1v) is 4.85. The summed E-state index contributed by atoms with van der Waals surface area (Å²) in [5.74, 6) is -3.62. The number of rotatable bonds is 3. The quantitative estimate of drug-likeness (QED) is 0.841. The lowest BCUT2D eigenvalue weighted by Gasteiger charge is -2.16. The van der Waals surface area contributed by atoms with E-state index in [0.717, 1.165) is 0 Å². The molecule has 4 nitrogen and oxygen atoms in total. The van der Waals surface area contributed by atoms with Crippen LogP contribution in [0.2, 0.25) is 0 Å². The van der Waals surface area contributed by atoms with Crippen LogP contribution in [0.15, 0.2) is 24.3 Å². The van der Waals surface area contributed by atoms with E-state index < -0.39 is 24.2 Å². The van der Waals surface area contributed by atoms with Gasteiger partial charge >= 0.3 is 12.1 Å². The molecule has 0 aromatic heterocycles. The molecule has 1 unspecified atom stereocenters. The molecule has 0 saturated carbocycles. The van der Waals surface area contributed by atoms with Gasteiger partial charge in [0.25, 0.3) is 5.91 Å². The molecule has 1 atom stereocenters. The number of benzene rings is 1. The van der Waals surface area contributed by atoms with Crippen molar-refractivity contribution in [1.29, 1.82) is 0 Å². The number of hydrogen-bond acceptors (Lipinski definition) is 3. The number of carbonyl (C=O) groups excluding carboxylic acids is 2. The van der Waals surface area contributed by atoms with Crippen LogP contribution in [0.3, 0.4) is 0 Å². The fourth-order valence-electron chi connectivity index (χ4n) is 1.30. The van der Waals surface area contributed by atoms with Crippen LogP contribution in [-0.4, -0.2) is 18.1 Å². The molecule has 1 amide bonds. The van der Waals surface area contributed by atoms with Gasteiger partial charge in [-0.15, -0.1) is 0 Å². The number of primary amides is 1. The highest BCUT2D eigenvalue weighted by Gasteiger charge is 2.43. The monoisotopic (exact) mass is 261 g/mol.